The number of carbonyl (C=O) groups is 1. The molecule has 0 bridgehead atoms. The molecule has 0 atom stereocenters. The first-order valence-electron chi connectivity index (χ1n) is 5.77. The van der Waals surface area contributed by atoms with Crippen molar-refractivity contribution < 1.29 is 9.53 Å². The summed E-state index contributed by atoms with van der Waals surface area (Å²) in [6.07, 6.45) is 2.11. The minimum Gasteiger partial charge on any atom is -0.484 e. The van der Waals surface area contributed by atoms with Gasteiger partial charge in [-0.3, -0.25) is 9.59 Å². The van der Waals surface area contributed by atoms with Crippen molar-refractivity contribution >= 4 is 27.8 Å². The predicted molar refractivity (Wildman–Crippen MR) is 74.2 cm³/mol. The minimum absolute atomic E-state index is 0.128. The first-order chi connectivity index (χ1) is 9.76. The number of aromatic amines is 1. The van der Waals surface area contributed by atoms with E-state index in [-0.39, 0.29) is 12.2 Å². The molecule has 0 aliphatic rings. The SMILES string of the molecule is O=Cc1ccc(OCc2nc3ccsc3c(=O)[nH]2)cn1. The Bertz CT molecular complexity index is 808. The summed E-state index contributed by atoms with van der Waals surface area (Å²) in [6.45, 7) is 0.128. The first-order valence-corrected chi connectivity index (χ1v) is 6.64. The van der Waals surface area contributed by atoms with Crippen LogP contribution in [0.15, 0.2) is 34.6 Å². The van der Waals surface area contributed by atoms with Gasteiger partial charge in [0.25, 0.3) is 5.56 Å². The number of nitrogens with one attached hydrogen (secondary N) is 1. The van der Waals surface area contributed by atoms with E-state index in [1.807, 2.05) is 5.38 Å². The Labute approximate surface area is 117 Å². The van der Waals surface area contributed by atoms with Crippen LogP contribution < -0.4 is 10.3 Å². The molecule has 7 heteroatoms. The van der Waals surface area contributed by atoms with Crippen LogP contribution in [-0.4, -0.2) is 21.2 Å². The van der Waals surface area contributed by atoms with Crippen LogP contribution in [0.25, 0.3) is 10.2 Å². The van der Waals surface area contributed by atoms with E-state index in [1.54, 1.807) is 18.2 Å². The maximum atomic E-state index is 11.8. The van der Waals surface area contributed by atoms with Crippen molar-refractivity contribution in [3.63, 3.8) is 0 Å². The van der Waals surface area contributed by atoms with Gasteiger partial charge in [0.05, 0.1) is 11.7 Å². The number of fused-ring (bicyclic) bond motifs is 1. The Hall–Kier alpha value is -2.54. The molecule has 0 spiro atoms. The fourth-order valence-corrected chi connectivity index (χ4v) is 2.41. The second kappa shape index (κ2) is 5.22. The third-order valence-corrected chi connectivity index (χ3v) is 3.52. The van der Waals surface area contributed by atoms with Gasteiger partial charge in [-0.15, -0.1) is 11.3 Å². The number of aromatic nitrogens is 3. The van der Waals surface area contributed by atoms with Crippen molar-refractivity contribution in [1.29, 1.82) is 0 Å². The van der Waals surface area contributed by atoms with E-state index in [0.717, 1.165) is 0 Å². The van der Waals surface area contributed by atoms with Crippen molar-refractivity contribution in [1.82, 2.24) is 15.0 Å². The molecule has 0 aromatic carbocycles. The third kappa shape index (κ3) is 2.43. The van der Waals surface area contributed by atoms with Crippen LogP contribution in [0.1, 0.15) is 16.3 Å². The highest BCUT2D eigenvalue weighted by Gasteiger charge is 2.05. The Kier molecular flexibility index (Phi) is 3.26. The lowest BCUT2D eigenvalue weighted by Gasteiger charge is -2.05. The largest absolute Gasteiger partial charge is 0.484 e. The quantitative estimate of drug-likeness (QED) is 0.739. The molecule has 0 aliphatic carbocycles. The van der Waals surface area contributed by atoms with Gasteiger partial charge in [0, 0.05) is 0 Å². The van der Waals surface area contributed by atoms with Crippen molar-refractivity contribution in [3.05, 3.63) is 51.6 Å². The summed E-state index contributed by atoms with van der Waals surface area (Å²) in [6, 6.07) is 4.98. The number of aldehydes is 1. The van der Waals surface area contributed by atoms with E-state index in [0.29, 0.717) is 33.8 Å². The second-order valence-corrected chi connectivity index (χ2v) is 4.89. The van der Waals surface area contributed by atoms with Gasteiger partial charge in [0.2, 0.25) is 0 Å². The summed E-state index contributed by atoms with van der Waals surface area (Å²) in [7, 11) is 0. The maximum Gasteiger partial charge on any atom is 0.268 e. The van der Waals surface area contributed by atoms with E-state index < -0.39 is 0 Å². The fourth-order valence-electron chi connectivity index (χ4n) is 1.69. The van der Waals surface area contributed by atoms with Gasteiger partial charge >= 0.3 is 0 Å². The average molecular weight is 287 g/mol. The van der Waals surface area contributed by atoms with E-state index in [1.165, 1.54) is 17.5 Å². The van der Waals surface area contributed by atoms with Crippen LogP contribution >= 0.6 is 11.3 Å². The van der Waals surface area contributed by atoms with E-state index >= 15 is 0 Å². The molecule has 0 aliphatic heterocycles. The molecule has 0 unspecified atom stereocenters. The van der Waals surface area contributed by atoms with E-state index in [2.05, 4.69) is 15.0 Å². The maximum absolute atomic E-state index is 11.8. The number of carbonyl (C=O) groups excluding carboxylic acids is 1. The van der Waals surface area contributed by atoms with E-state index in [4.69, 9.17) is 4.74 Å². The van der Waals surface area contributed by atoms with Crippen LogP contribution in [0, 0.1) is 0 Å². The number of hydrogen-bond donors (Lipinski definition) is 1. The molecule has 0 saturated carbocycles. The number of hydrogen-bond acceptors (Lipinski definition) is 6. The Morgan fingerprint density at radius 1 is 1.35 bits per heavy atom. The minimum atomic E-state index is -0.168. The molecule has 1 N–H and O–H groups in total. The summed E-state index contributed by atoms with van der Waals surface area (Å²) in [5.41, 5.74) is 0.827. The number of H-pyrrole nitrogens is 1. The first kappa shape index (κ1) is 12.5. The standard InChI is InChI=1S/C13H9N3O3S/c17-6-8-1-2-9(5-14-8)19-7-11-15-10-3-4-20-12(10)13(18)16-11/h1-6H,7H2,(H,15,16,18). The van der Waals surface area contributed by atoms with Crippen molar-refractivity contribution in [2.45, 2.75) is 6.61 Å². The van der Waals surface area contributed by atoms with Crippen molar-refractivity contribution in [2.24, 2.45) is 0 Å². The molecular formula is C13H9N3O3S. The highest BCUT2D eigenvalue weighted by molar-refractivity contribution is 7.17. The van der Waals surface area contributed by atoms with Crippen LogP contribution in [0.2, 0.25) is 0 Å². The normalized spacial score (nSPS) is 10.6. The average Bonchev–Trinajstić information content (AvgIpc) is 2.94. The number of ether oxygens (including phenoxy) is 1. The van der Waals surface area contributed by atoms with Gasteiger partial charge in [0.15, 0.2) is 6.29 Å². The summed E-state index contributed by atoms with van der Waals surface area (Å²) >= 11 is 1.35. The number of pyridine rings is 1. The lowest BCUT2D eigenvalue weighted by Crippen LogP contribution is -2.12. The van der Waals surface area contributed by atoms with Gasteiger partial charge in [-0.05, 0) is 23.6 Å². The van der Waals surface area contributed by atoms with Crippen molar-refractivity contribution in [2.75, 3.05) is 0 Å². The fraction of sp³-hybridized carbons (Fsp3) is 0.0769. The van der Waals surface area contributed by atoms with Crippen LogP contribution in [0.5, 0.6) is 5.75 Å². The molecule has 0 saturated heterocycles. The van der Waals surface area contributed by atoms with Gasteiger partial charge < -0.3 is 9.72 Å². The molecule has 0 amide bonds. The summed E-state index contributed by atoms with van der Waals surface area (Å²) in [5, 5.41) is 1.82. The summed E-state index contributed by atoms with van der Waals surface area (Å²) in [5.74, 6) is 0.948. The van der Waals surface area contributed by atoms with Crippen LogP contribution in [0.3, 0.4) is 0 Å². The number of thiophene rings is 1. The lowest BCUT2D eigenvalue weighted by atomic mass is 10.4. The highest BCUT2D eigenvalue weighted by Crippen LogP contribution is 2.14. The molecule has 6 nitrogen and oxygen atoms in total. The molecule has 3 heterocycles. The molecule has 20 heavy (non-hydrogen) atoms. The van der Waals surface area contributed by atoms with E-state index in [9.17, 15) is 9.59 Å². The molecule has 3 aromatic heterocycles. The van der Waals surface area contributed by atoms with Gasteiger partial charge in [-0.1, -0.05) is 0 Å². The second-order valence-electron chi connectivity index (χ2n) is 3.97. The molecule has 100 valence electrons. The monoisotopic (exact) mass is 287 g/mol. The number of nitrogens with zero attached hydrogens (tertiary/aromatic N) is 2. The lowest BCUT2D eigenvalue weighted by molar-refractivity contribution is 0.111. The molecule has 0 radical (unpaired) electrons. The Balaban J connectivity index is 1.78. The Morgan fingerprint density at radius 3 is 3.00 bits per heavy atom. The zero-order valence-electron chi connectivity index (χ0n) is 10.2. The zero-order chi connectivity index (χ0) is 13.9. The Morgan fingerprint density at radius 2 is 2.25 bits per heavy atom. The molecular weight excluding hydrogens is 278 g/mol. The van der Waals surface area contributed by atoms with Crippen LogP contribution in [0.4, 0.5) is 0 Å². The van der Waals surface area contributed by atoms with Crippen LogP contribution in [-0.2, 0) is 6.61 Å². The predicted octanol–water partition coefficient (Wildman–Crippen LogP) is 1.77. The van der Waals surface area contributed by atoms with Crippen molar-refractivity contribution in [3.8, 4) is 5.75 Å². The number of rotatable bonds is 4. The molecule has 3 rings (SSSR count). The topological polar surface area (TPSA) is 84.9 Å². The summed E-state index contributed by atoms with van der Waals surface area (Å²) in [4.78, 5) is 33.1. The smallest absolute Gasteiger partial charge is 0.268 e. The zero-order valence-corrected chi connectivity index (χ0v) is 11.0. The van der Waals surface area contributed by atoms with Gasteiger partial charge in [0.1, 0.15) is 28.6 Å². The van der Waals surface area contributed by atoms with Gasteiger partial charge in [-0.2, -0.15) is 0 Å². The van der Waals surface area contributed by atoms with Gasteiger partial charge in [-0.25, -0.2) is 9.97 Å². The summed E-state index contributed by atoms with van der Waals surface area (Å²) < 4.78 is 6.07. The third-order valence-electron chi connectivity index (χ3n) is 2.62. The molecule has 3 aromatic rings. The molecule has 0 fully saturated rings. The highest BCUT2D eigenvalue weighted by atomic mass is 32.1.